The van der Waals surface area contributed by atoms with E-state index in [9.17, 15) is 0 Å². The van der Waals surface area contributed by atoms with Gasteiger partial charge in [0.15, 0.2) is 0 Å². The molecule has 0 fully saturated rings. The highest BCUT2D eigenvalue weighted by molar-refractivity contribution is 7.80. The highest BCUT2D eigenvalue weighted by Crippen LogP contribution is 1.84. The average Bonchev–Trinajstić information content (AvgIpc) is 1.83. The fourth-order valence-corrected chi connectivity index (χ4v) is 0.526. The fourth-order valence-electron chi connectivity index (χ4n) is 0.443. The number of thiocarbonyl (C=S) groups is 1. The summed E-state index contributed by atoms with van der Waals surface area (Å²) in [6.07, 6.45) is 1.01. The topological polar surface area (TPSA) is 12.0 Å². The van der Waals surface area contributed by atoms with Crippen LogP contribution in [-0.2, 0) is 0 Å². The normalized spacial score (nSPS) is 10.2. The summed E-state index contributed by atoms with van der Waals surface area (Å²) in [4.78, 5) is 1.11. The Morgan fingerprint density at radius 3 is 2.44 bits per heavy atom. The summed E-state index contributed by atoms with van der Waals surface area (Å²) in [6.45, 7) is 7.23. The number of rotatable bonds is 4. The zero-order valence-electron chi connectivity index (χ0n) is 6.40. The Hall–Kier alpha value is 0.0500. The molecule has 0 bridgehead atoms. The minimum atomic E-state index is 0.550. The third-order valence-corrected chi connectivity index (χ3v) is 1.53. The molecule has 0 atom stereocenters. The molecule has 0 unspecified atom stereocenters. The molecule has 0 amide bonds. The van der Waals surface area contributed by atoms with Crippen molar-refractivity contribution in [1.29, 1.82) is 0 Å². The van der Waals surface area contributed by atoms with Crippen LogP contribution in [0.5, 0.6) is 0 Å². The molecule has 2 heteroatoms. The van der Waals surface area contributed by atoms with E-state index in [2.05, 4.69) is 26.1 Å². The molecule has 0 rings (SSSR count). The van der Waals surface area contributed by atoms with Crippen LogP contribution in [0.4, 0.5) is 0 Å². The summed E-state index contributed by atoms with van der Waals surface area (Å²) in [7, 11) is 0. The summed E-state index contributed by atoms with van der Waals surface area (Å²) >= 11 is 5.01. The average molecular weight is 145 g/mol. The van der Waals surface area contributed by atoms with E-state index in [1.54, 1.807) is 0 Å². The predicted octanol–water partition coefficient (Wildman–Crippen LogP) is 1.76. The first-order valence-electron chi connectivity index (χ1n) is 3.42. The van der Waals surface area contributed by atoms with E-state index < -0.39 is 0 Å². The monoisotopic (exact) mass is 145 g/mol. The van der Waals surface area contributed by atoms with Crippen LogP contribution in [0.1, 0.15) is 27.2 Å². The van der Waals surface area contributed by atoms with E-state index in [-0.39, 0.29) is 0 Å². The Kier molecular flexibility index (Phi) is 4.91. The lowest BCUT2D eigenvalue weighted by Gasteiger charge is -2.06. The molecule has 0 aromatic rings. The molecule has 0 saturated carbocycles. The van der Waals surface area contributed by atoms with Gasteiger partial charge in [0.25, 0.3) is 0 Å². The maximum absolute atomic E-state index is 5.01. The lowest BCUT2D eigenvalue weighted by molar-refractivity contribution is 0.642. The van der Waals surface area contributed by atoms with Crippen molar-refractivity contribution in [3.8, 4) is 0 Å². The maximum atomic E-state index is 5.01. The summed E-state index contributed by atoms with van der Waals surface area (Å²) in [6, 6.07) is 0.550. The summed E-state index contributed by atoms with van der Waals surface area (Å²) in [5.41, 5.74) is 0. The standard InChI is InChI=1S/C7H15NS/c1-4-7(9)5-8-6(2)3/h6,8H,4-5H2,1-3H3. The first-order valence-corrected chi connectivity index (χ1v) is 3.82. The largest absolute Gasteiger partial charge is 0.310 e. The van der Waals surface area contributed by atoms with Gasteiger partial charge in [-0.25, -0.2) is 0 Å². The van der Waals surface area contributed by atoms with E-state index in [1.807, 2.05) is 0 Å². The van der Waals surface area contributed by atoms with Gasteiger partial charge in [-0.1, -0.05) is 33.0 Å². The van der Waals surface area contributed by atoms with Gasteiger partial charge in [0.05, 0.1) is 0 Å². The maximum Gasteiger partial charge on any atom is 0.0271 e. The molecule has 0 aliphatic heterocycles. The molecule has 0 radical (unpaired) electrons. The van der Waals surface area contributed by atoms with Crippen molar-refractivity contribution in [2.24, 2.45) is 0 Å². The second-order valence-electron chi connectivity index (χ2n) is 2.43. The Morgan fingerprint density at radius 2 is 2.11 bits per heavy atom. The highest BCUT2D eigenvalue weighted by Gasteiger charge is 1.93. The minimum Gasteiger partial charge on any atom is -0.310 e. The molecule has 0 aromatic heterocycles. The molecule has 0 aliphatic carbocycles. The van der Waals surface area contributed by atoms with Gasteiger partial charge in [-0.05, 0) is 6.42 Å². The quantitative estimate of drug-likeness (QED) is 0.605. The first-order chi connectivity index (χ1) is 4.16. The van der Waals surface area contributed by atoms with Gasteiger partial charge >= 0.3 is 0 Å². The van der Waals surface area contributed by atoms with Crippen molar-refractivity contribution in [2.45, 2.75) is 33.2 Å². The lowest BCUT2D eigenvalue weighted by Crippen LogP contribution is -2.27. The van der Waals surface area contributed by atoms with Crippen LogP contribution in [-0.4, -0.2) is 17.5 Å². The van der Waals surface area contributed by atoms with Gasteiger partial charge in [0.1, 0.15) is 0 Å². The van der Waals surface area contributed by atoms with Crippen LogP contribution in [0.25, 0.3) is 0 Å². The summed E-state index contributed by atoms with van der Waals surface area (Å²) in [5.74, 6) is 0. The third-order valence-electron chi connectivity index (χ3n) is 1.10. The van der Waals surface area contributed by atoms with Crippen LogP contribution in [0.3, 0.4) is 0 Å². The molecule has 0 spiro atoms. The van der Waals surface area contributed by atoms with Gasteiger partial charge in [-0.2, -0.15) is 0 Å². The molecule has 54 valence electrons. The second kappa shape index (κ2) is 4.89. The number of hydrogen-bond donors (Lipinski definition) is 1. The van der Waals surface area contributed by atoms with E-state index in [4.69, 9.17) is 12.2 Å². The Labute approximate surface area is 62.8 Å². The van der Waals surface area contributed by atoms with Crippen LogP contribution in [0, 0.1) is 0 Å². The zero-order valence-corrected chi connectivity index (χ0v) is 7.22. The smallest absolute Gasteiger partial charge is 0.0271 e. The second-order valence-corrected chi connectivity index (χ2v) is 3.01. The molecule has 1 N–H and O–H groups in total. The highest BCUT2D eigenvalue weighted by atomic mass is 32.1. The SMILES string of the molecule is CCC(=S)CNC(C)C. The van der Waals surface area contributed by atoms with Gasteiger partial charge in [-0.15, -0.1) is 0 Å². The Balaban J connectivity index is 3.17. The Bertz CT molecular complexity index is 88.9. The minimum absolute atomic E-state index is 0.550. The molecule has 0 heterocycles. The van der Waals surface area contributed by atoms with Crippen molar-refractivity contribution in [2.75, 3.05) is 6.54 Å². The molecule has 1 nitrogen and oxygen atoms in total. The van der Waals surface area contributed by atoms with Crippen LogP contribution < -0.4 is 5.32 Å². The van der Waals surface area contributed by atoms with E-state index in [0.717, 1.165) is 17.8 Å². The number of hydrogen-bond acceptors (Lipinski definition) is 2. The van der Waals surface area contributed by atoms with Gasteiger partial charge in [0.2, 0.25) is 0 Å². The summed E-state index contributed by atoms with van der Waals surface area (Å²) in [5, 5.41) is 3.25. The van der Waals surface area contributed by atoms with E-state index >= 15 is 0 Å². The van der Waals surface area contributed by atoms with E-state index in [0.29, 0.717) is 6.04 Å². The molecule has 9 heavy (non-hydrogen) atoms. The summed E-state index contributed by atoms with van der Waals surface area (Å²) < 4.78 is 0. The van der Waals surface area contributed by atoms with Crippen molar-refractivity contribution in [3.63, 3.8) is 0 Å². The van der Waals surface area contributed by atoms with Crippen LogP contribution in [0.2, 0.25) is 0 Å². The molecule has 0 aromatic carbocycles. The predicted molar refractivity (Wildman–Crippen MR) is 46.0 cm³/mol. The fraction of sp³-hybridized carbons (Fsp3) is 0.857. The molecule has 0 aliphatic rings. The van der Waals surface area contributed by atoms with Crippen molar-refractivity contribution < 1.29 is 0 Å². The molecule has 0 saturated heterocycles. The van der Waals surface area contributed by atoms with Gasteiger partial charge in [-0.3, -0.25) is 0 Å². The first kappa shape index (κ1) is 9.05. The van der Waals surface area contributed by atoms with E-state index in [1.165, 1.54) is 0 Å². The molecular weight excluding hydrogens is 130 g/mol. The van der Waals surface area contributed by atoms with Crippen molar-refractivity contribution >= 4 is 17.1 Å². The van der Waals surface area contributed by atoms with Crippen LogP contribution >= 0.6 is 12.2 Å². The molecular formula is C7H15NS. The van der Waals surface area contributed by atoms with Crippen LogP contribution in [0.15, 0.2) is 0 Å². The number of nitrogens with one attached hydrogen (secondary N) is 1. The lowest BCUT2D eigenvalue weighted by atomic mass is 10.3. The van der Waals surface area contributed by atoms with Gasteiger partial charge < -0.3 is 5.32 Å². The van der Waals surface area contributed by atoms with Gasteiger partial charge in [0, 0.05) is 17.5 Å². The third kappa shape index (κ3) is 5.93. The Morgan fingerprint density at radius 1 is 1.56 bits per heavy atom. The van der Waals surface area contributed by atoms with Crippen molar-refractivity contribution in [1.82, 2.24) is 5.32 Å². The zero-order chi connectivity index (χ0) is 7.28. The van der Waals surface area contributed by atoms with Crippen molar-refractivity contribution in [3.05, 3.63) is 0 Å².